The van der Waals surface area contributed by atoms with Crippen LogP contribution in [0.5, 0.6) is 0 Å². The van der Waals surface area contributed by atoms with Gasteiger partial charge in [-0.3, -0.25) is 0 Å². The number of nitrogens with one attached hydrogen (secondary N) is 1. The van der Waals surface area contributed by atoms with Gasteiger partial charge in [-0.05, 0) is 25.1 Å². The Kier molecular flexibility index (Phi) is 3.65. The highest BCUT2D eigenvalue weighted by atomic mass is 32.2. The van der Waals surface area contributed by atoms with Crippen LogP contribution in [0.25, 0.3) is 0 Å². The molecule has 2 rings (SSSR count). The maximum absolute atomic E-state index is 13.1. The Balaban J connectivity index is 2.37. The molecule has 0 spiro atoms. The van der Waals surface area contributed by atoms with Crippen LogP contribution in [0.4, 0.5) is 8.78 Å². The highest BCUT2D eigenvalue weighted by Crippen LogP contribution is 2.21. The molecule has 0 aliphatic carbocycles. The smallest absolute Gasteiger partial charge is 0.243 e. The molecule has 0 saturated carbocycles. The lowest BCUT2D eigenvalue weighted by molar-refractivity contribution is 0.283. The van der Waals surface area contributed by atoms with Gasteiger partial charge in [0.1, 0.15) is 0 Å². The Morgan fingerprint density at radius 2 is 2.06 bits per heavy atom. The predicted molar refractivity (Wildman–Crippen MR) is 62.6 cm³/mol. The summed E-state index contributed by atoms with van der Waals surface area (Å²) in [5, 5.41) is 3.07. The summed E-state index contributed by atoms with van der Waals surface area (Å²) < 4.78 is 51.8. The molecule has 1 N–H and O–H groups in total. The van der Waals surface area contributed by atoms with Crippen molar-refractivity contribution in [2.75, 3.05) is 19.6 Å². The molecule has 0 unspecified atom stereocenters. The second-order valence-electron chi connectivity index (χ2n) is 4.24. The molecule has 18 heavy (non-hydrogen) atoms. The molecule has 1 atom stereocenters. The first-order valence-corrected chi connectivity index (χ1v) is 7.04. The molecule has 7 heteroatoms. The summed E-state index contributed by atoms with van der Waals surface area (Å²) in [5.41, 5.74) is 0. The molecule has 1 aromatic rings. The van der Waals surface area contributed by atoms with E-state index >= 15 is 0 Å². The van der Waals surface area contributed by atoms with E-state index in [-0.39, 0.29) is 10.9 Å². The molecule has 4 nitrogen and oxygen atoms in total. The average Bonchev–Trinajstić information content (AvgIpc) is 2.33. The van der Waals surface area contributed by atoms with Crippen LogP contribution < -0.4 is 5.32 Å². The van der Waals surface area contributed by atoms with Crippen molar-refractivity contribution in [1.29, 1.82) is 0 Å². The van der Waals surface area contributed by atoms with Gasteiger partial charge in [-0.15, -0.1) is 0 Å². The lowest BCUT2D eigenvalue weighted by Gasteiger charge is -2.32. The Bertz CT molecular complexity index is 548. The van der Waals surface area contributed by atoms with E-state index in [0.29, 0.717) is 19.6 Å². The first-order valence-electron chi connectivity index (χ1n) is 5.60. The number of hydrogen-bond acceptors (Lipinski definition) is 3. The van der Waals surface area contributed by atoms with Gasteiger partial charge < -0.3 is 5.32 Å². The average molecular weight is 276 g/mol. The summed E-state index contributed by atoms with van der Waals surface area (Å²) in [4.78, 5) is -0.213. The van der Waals surface area contributed by atoms with Crippen molar-refractivity contribution in [2.45, 2.75) is 17.9 Å². The van der Waals surface area contributed by atoms with Crippen LogP contribution in [0.1, 0.15) is 6.92 Å². The van der Waals surface area contributed by atoms with Crippen LogP contribution in [0.15, 0.2) is 23.1 Å². The molecule has 0 radical (unpaired) electrons. The first kappa shape index (κ1) is 13.4. The van der Waals surface area contributed by atoms with Gasteiger partial charge in [0, 0.05) is 25.7 Å². The second kappa shape index (κ2) is 4.91. The Labute approximate surface area is 105 Å². The largest absolute Gasteiger partial charge is 0.314 e. The fourth-order valence-electron chi connectivity index (χ4n) is 1.95. The minimum absolute atomic E-state index is 0.211. The van der Waals surface area contributed by atoms with E-state index in [9.17, 15) is 17.2 Å². The van der Waals surface area contributed by atoms with Crippen LogP contribution in [-0.2, 0) is 10.0 Å². The summed E-state index contributed by atoms with van der Waals surface area (Å²) >= 11 is 0. The van der Waals surface area contributed by atoms with E-state index in [4.69, 9.17) is 0 Å². The van der Waals surface area contributed by atoms with Gasteiger partial charge >= 0.3 is 0 Å². The molecular weight excluding hydrogens is 262 g/mol. The van der Waals surface area contributed by atoms with Crippen LogP contribution >= 0.6 is 0 Å². The van der Waals surface area contributed by atoms with Gasteiger partial charge in [0.15, 0.2) is 11.6 Å². The monoisotopic (exact) mass is 276 g/mol. The van der Waals surface area contributed by atoms with Crippen LogP contribution in [0.3, 0.4) is 0 Å². The third-order valence-corrected chi connectivity index (χ3v) is 4.95. The zero-order valence-corrected chi connectivity index (χ0v) is 10.7. The zero-order valence-electron chi connectivity index (χ0n) is 9.86. The van der Waals surface area contributed by atoms with Crippen molar-refractivity contribution in [2.24, 2.45) is 0 Å². The number of benzene rings is 1. The molecule has 0 aromatic heterocycles. The number of nitrogens with zero attached hydrogens (tertiary/aromatic N) is 1. The van der Waals surface area contributed by atoms with Crippen LogP contribution in [0, 0.1) is 11.6 Å². The van der Waals surface area contributed by atoms with Gasteiger partial charge in [0.2, 0.25) is 10.0 Å². The topological polar surface area (TPSA) is 49.4 Å². The normalized spacial score (nSPS) is 22.1. The molecule has 1 saturated heterocycles. The van der Waals surface area contributed by atoms with Crippen molar-refractivity contribution in [1.82, 2.24) is 9.62 Å². The number of sulfonamides is 1. The maximum atomic E-state index is 13.1. The van der Waals surface area contributed by atoms with Gasteiger partial charge in [-0.2, -0.15) is 4.31 Å². The highest BCUT2D eigenvalue weighted by molar-refractivity contribution is 7.89. The Morgan fingerprint density at radius 1 is 1.33 bits per heavy atom. The second-order valence-corrected chi connectivity index (χ2v) is 6.14. The molecule has 1 heterocycles. The van der Waals surface area contributed by atoms with Crippen LogP contribution in [-0.4, -0.2) is 38.4 Å². The van der Waals surface area contributed by atoms with E-state index in [1.54, 1.807) is 6.92 Å². The van der Waals surface area contributed by atoms with E-state index in [0.717, 1.165) is 18.2 Å². The molecule has 1 fully saturated rings. The zero-order chi connectivity index (χ0) is 13.3. The minimum atomic E-state index is -3.76. The van der Waals surface area contributed by atoms with Crippen molar-refractivity contribution >= 4 is 10.0 Å². The van der Waals surface area contributed by atoms with Crippen LogP contribution in [0.2, 0.25) is 0 Å². The quantitative estimate of drug-likeness (QED) is 0.875. The van der Waals surface area contributed by atoms with Crippen molar-refractivity contribution in [3.63, 3.8) is 0 Å². The Hall–Kier alpha value is -1.05. The molecule has 1 aromatic carbocycles. The standard InChI is InChI=1S/C11H14F2N2O2S/c1-8-7-14-4-5-15(8)18(16,17)9-2-3-10(12)11(13)6-9/h2-3,6,8,14H,4-5,7H2,1H3/t8-/m1/s1. The molecule has 1 aliphatic rings. The van der Waals surface area contributed by atoms with E-state index in [1.165, 1.54) is 4.31 Å². The lowest BCUT2D eigenvalue weighted by Crippen LogP contribution is -2.52. The first-order chi connectivity index (χ1) is 8.43. The minimum Gasteiger partial charge on any atom is -0.314 e. The predicted octanol–water partition coefficient (Wildman–Crippen LogP) is 0.947. The highest BCUT2D eigenvalue weighted by Gasteiger charge is 2.31. The third kappa shape index (κ3) is 2.38. The lowest BCUT2D eigenvalue weighted by atomic mass is 10.3. The van der Waals surface area contributed by atoms with E-state index < -0.39 is 21.7 Å². The van der Waals surface area contributed by atoms with Gasteiger partial charge in [-0.1, -0.05) is 0 Å². The molecule has 1 aliphatic heterocycles. The summed E-state index contributed by atoms with van der Waals surface area (Å²) in [6, 6.07) is 2.42. The summed E-state index contributed by atoms with van der Waals surface area (Å²) in [5.74, 6) is -2.21. The summed E-state index contributed by atoms with van der Waals surface area (Å²) in [7, 11) is -3.76. The van der Waals surface area contributed by atoms with Crippen molar-refractivity contribution in [3.8, 4) is 0 Å². The molecule has 0 bridgehead atoms. The maximum Gasteiger partial charge on any atom is 0.243 e. The number of piperazine rings is 1. The van der Waals surface area contributed by atoms with Crippen molar-refractivity contribution < 1.29 is 17.2 Å². The van der Waals surface area contributed by atoms with E-state index in [2.05, 4.69) is 5.32 Å². The fourth-order valence-corrected chi connectivity index (χ4v) is 3.60. The van der Waals surface area contributed by atoms with Gasteiger partial charge in [0.05, 0.1) is 4.90 Å². The Morgan fingerprint density at radius 3 is 2.67 bits per heavy atom. The number of rotatable bonds is 2. The summed E-state index contributed by atoms with van der Waals surface area (Å²) in [6.45, 7) is 3.18. The number of halogens is 2. The molecule has 100 valence electrons. The SMILES string of the molecule is C[C@@H]1CNCCN1S(=O)(=O)c1ccc(F)c(F)c1. The fraction of sp³-hybridized carbons (Fsp3) is 0.455. The van der Waals surface area contributed by atoms with Gasteiger partial charge in [-0.25, -0.2) is 17.2 Å². The number of hydrogen-bond donors (Lipinski definition) is 1. The molecular formula is C11H14F2N2O2S. The van der Waals surface area contributed by atoms with Gasteiger partial charge in [0.25, 0.3) is 0 Å². The summed E-state index contributed by atoms with van der Waals surface area (Å²) in [6.07, 6.45) is 0. The van der Waals surface area contributed by atoms with Crippen molar-refractivity contribution in [3.05, 3.63) is 29.8 Å². The molecule has 0 amide bonds. The van der Waals surface area contributed by atoms with E-state index in [1.807, 2.05) is 0 Å². The third-order valence-electron chi connectivity index (χ3n) is 2.94.